The molecule has 52 heavy (non-hydrogen) atoms. The highest BCUT2D eigenvalue weighted by atomic mass is 15.0. The topological polar surface area (TPSA) is 9.86 Å². The number of benzene rings is 9. The number of fused-ring (bicyclic) bond motifs is 10. The third kappa shape index (κ3) is 3.78. The molecule has 0 saturated heterocycles. The van der Waals surface area contributed by atoms with Gasteiger partial charge in [-0.1, -0.05) is 115 Å². The van der Waals surface area contributed by atoms with Crippen LogP contribution < -0.4 is 0 Å². The van der Waals surface area contributed by atoms with E-state index in [-0.39, 0.29) is 0 Å². The maximum absolute atomic E-state index is 2.49. The fraction of sp³-hybridized carbons (Fsp3) is 0. The Bertz CT molecular complexity index is 3290. The second-order valence-electron chi connectivity index (χ2n) is 14.1. The lowest BCUT2D eigenvalue weighted by Gasteiger charge is -2.12. The molecule has 0 fully saturated rings. The van der Waals surface area contributed by atoms with Crippen LogP contribution in [0, 0.1) is 0 Å². The van der Waals surface area contributed by atoms with Crippen molar-refractivity contribution < 1.29 is 0 Å². The van der Waals surface area contributed by atoms with Gasteiger partial charge < -0.3 is 9.13 Å². The Hall–Kier alpha value is -6.90. The normalized spacial score (nSPS) is 12.2. The fourth-order valence-electron chi connectivity index (χ4n) is 9.10. The van der Waals surface area contributed by atoms with Crippen LogP contribution in [0.5, 0.6) is 0 Å². The zero-order valence-electron chi connectivity index (χ0n) is 28.2. The molecule has 1 aliphatic rings. The Morgan fingerprint density at radius 2 is 0.827 bits per heavy atom. The molecule has 240 valence electrons. The highest BCUT2D eigenvalue weighted by Gasteiger charge is 2.23. The minimum absolute atomic E-state index is 1.18. The monoisotopic (exact) mass is 658 g/mol. The van der Waals surface area contributed by atoms with Crippen LogP contribution in [0.1, 0.15) is 0 Å². The van der Waals surface area contributed by atoms with E-state index in [4.69, 9.17) is 0 Å². The minimum Gasteiger partial charge on any atom is -0.309 e. The molecule has 0 bridgehead atoms. The first-order valence-electron chi connectivity index (χ1n) is 18.0. The largest absolute Gasteiger partial charge is 0.309 e. The average Bonchev–Trinajstić information content (AvgIpc) is 3.83. The molecule has 0 saturated carbocycles. The Balaban J connectivity index is 1.11. The summed E-state index contributed by atoms with van der Waals surface area (Å²) in [4.78, 5) is 0. The third-order valence-electron chi connectivity index (χ3n) is 11.4. The van der Waals surface area contributed by atoms with Crippen molar-refractivity contribution in [1.29, 1.82) is 0 Å². The van der Waals surface area contributed by atoms with Crippen LogP contribution in [0.4, 0.5) is 0 Å². The van der Waals surface area contributed by atoms with Crippen molar-refractivity contribution in [2.24, 2.45) is 0 Å². The van der Waals surface area contributed by atoms with E-state index < -0.39 is 0 Å². The number of aromatic nitrogens is 2. The van der Waals surface area contributed by atoms with Gasteiger partial charge in [0.05, 0.1) is 22.1 Å². The van der Waals surface area contributed by atoms with Crippen LogP contribution in [0.3, 0.4) is 0 Å². The summed E-state index contributed by atoms with van der Waals surface area (Å²) in [6, 6.07) is 67.3. The summed E-state index contributed by atoms with van der Waals surface area (Å²) in [7, 11) is 0. The average molecular weight is 659 g/mol. The molecule has 11 aromatic rings. The fourth-order valence-corrected chi connectivity index (χ4v) is 9.10. The summed E-state index contributed by atoms with van der Waals surface area (Å²) in [5, 5.41) is 10.2. The maximum atomic E-state index is 2.49. The van der Waals surface area contributed by atoms with Crippen molar-refractivity contribution in [3.63, 3.8) is 0 Å². The summed E-state index contributed by atoms with van der Waals surface area (Å²) < 4.78 is 4.87. The second kappa shape index (κ2) is 10.3. The van der Waals surface area contributed by atoms with Gasteiger partial charge in [-0.05, 0) is 122 Å². The molecular formula is C50H30N2. The molecule has 0 amide bonds. The molecule has 2 heteroatoms. The lowest BCUT2D eigenvalue weighted by Crippen LogP contribution is -1.95. The van der Waals surface area contributed by atoms with Gasteiger partial charge in [-0.3, -0.25) is 0 Å². The molecular weight excluding hydrogens is 629 g/mol. The van der Waals surface area contributed by atoms with Gasteiger partial charge in [0, 0.05) is 32.9 Å². The smallest absolute Gasteiger partial charge is 0.0547 e. The third-order valence-corrected chi connectivity index (χ3v) is 11.4. The highest BCUT2D eigenvalue weighted by Crippen LogP contribution is 2.49. The van der Waals surface area contributed by atoms with Gasteiger partial charge in [0.1, 0.15) is 0 Å². The van der Waals surface area contributed by atoms with E-state index in [0.717, 1.165) is 0 Å². The van der Waals surface area contributed by atoms with Crippen molar-refractivity contribution >= 4 is 65.2 Å². The lowest BCUT2D eigenvalue weighted by molar-refractivity contribution is 1.18. The van der Waals surface area contributed by atoms with Gasteiger partial charge >= 0.3 is 0 Å². The molecule has 12 rings (SSSR count). The van der Waals surface area contributed by atoms with E-state index in [0.29, 0.717) is 0 Å². The van der Waals surface area contributed by atoms with Crippen LogP contribution in [0.15, 0.2) is 182 Å². The Morgan fingerprint density at radius 1 is 0.269 bits per heavy atom. The second-order valence-corrected chi connectivity index (χ2v) is 14.1. The quantitative estimate of drug-likeness (QED) is 0.179. The van der Waals surface area contributed by atoms with E-state index in [2.05, 4.69) is 191 Å². The number of para-hydroxylation sites is 2. The molecule has 0 atom stereocenters. The molecule has 0 unspecified atom stereocenters. The minimum atomic E-state index is 1.18. The van der Waals surface area contributed by atoms with Crippen molar-refractivity contribution in [1.82, 2.24) is 9.13 Å². The van der Waals surface area contributed by atoms with Crippen LogP contribution in [-0.4, -0.2) is 9.13 Å². The molecule has 2 heterocycles. The molecule has 2 nitrogen and oxygen atoms in total. The van der Waals surface area contributed by atoms with E-state index in [1.165, 1.54) is 110 Å². The summed E-state index contributed by atoms with van der Waals surface area (Å²) in [5.74, 6) is 0. The molecule has 0 aliphatic heterocycles. The number of hydrogen-bond donors (Lipinski definition) is 0. The van der Waals surface area contributed by atoms with Gasteiger partial charge in [0.25, 0.3) is 0 Å². The first-order valence-corrected chi connectivity index (χ1v) is 18.0. The molecule has 0 N–H and O–H groups in total. The van der Waals surface area contributed by atoms with Gasteiger partial charge in [-0.25, -0.2) is 0 Å². The zero-order valence-corrected chi connectivity index (χ0v) is 28.2. The first-order chi connectivity index (χ1) is 25.8. The standard InChI is InChI=1S/C50H30N2/c1-2-14-36(15-3-1)51-46-20-9-8-18-40(46)42-27-33(21-23-47(42)51)34-22-24-48-43(28-34)44-26-31-11-4-5-12-32(31)29-49(44)52(48)37-25-35-13-10-19-41-38-16-6-7-17-39(38)45(30-37)50(35)41/h1-30H. The lowest BCUT2D eigenvalue weighted by atomic mass is 10.00. The molecule has 0 spiro atoms. The van der Waals surface area contributed by atoms with Crippen molar-refractivity contribution in [2.45, 2.75) is 0 Å². The summed E-state index contributed by atoms with van der Waals surface area (Å²) >= 11 is 0. The van der Waals surface area contributed by atoms with Crippen LogP contribution in [0.2, 0.25) is 0 Å². The first kappa shape index (κ1) is 27.9. The van der Waals surface area contributed by atoms with Crippen molar-refractivity contribution in [3.05, 3.63) is 182 Å². The summed E-state index contributed by atoms with van der Waals surface area (Å²) in [5.41, 5.74) is 15.0. The number of rotatable bonds is 3. The van der Waals surface area contributed by atoms with Gasteiger partial charge in [0.15, 0.2) is 0 Å². The van der Waals surface area contributed by atoms with E-state index >= 15 is 0 Å². The van der Waals surface area contributed by atoms with E-state index in [9.17, 15) is 0 Å². The zero-order chi connectivity index (χ0) is 33.9. The molecule has 2 aromatic heterocycles. The Kier molecular flexibility index (Phi) is 5.53. The number of hydrogen-bond acceptors (Lipinski definition) is 0. The number of nitrogens with zero attached hydrogens (tertiary/aromatic N) is 2. The van der Waals surface area contributed by atoms with Crippen LogP contribution in [0.25, 0.3) is 110 Å². The summed E-state index contributed by atoms with van der Waals surface area (Å²) in [6.45, 7) is 0. The molecule has 0 radical (unpaired) electrons. The van der Waals surface area contributed by atoms with Crippen LogP contribution >= 0.6 is 0 Å². The van der Waals surface area contributed by atoms with Crippen molar-refractivity contribution in [3.8, 4) is 44.8 Å². The van der Waals surface area contributed by atoms with Gasteiger partial charge in [0.2, 0.25) is 0 Å². The van der Waals surface area contributed by atoms with Crippen LogP contribution in [-0.2, 0) is 0 Å². The van der Waals surface area contributed by atoms with E-state index in [1.807, 2.05) is 0 Å². The Labute approximate surface area is 300 Å². The Morgan fingerprint density at radius 3 is 1.62 bits per heavy atom. The molecule has 1 aliphatic carbocycles. The predicted octanol–water partition coefficient (Wildman–Crippen LogP) is 13.5. The van der Waals surface area contributed by atoms with Gasteiger partial charge in [-0.2, -0.15) is 0 Å². The van der Waals surface area contributed by atoms with Gasteiger partial charge in [-0.15, -0.1) is 0 Å². The maximum Gasteiger partial charge on any atom is 0.0547 e. The predicted molar refractivity (Wildman–Crippen MR) is 220 cm³/mol. The highest BCUT2D eigenvalue weighted by molar-refractivity contribution is 6.18. The van der Waals surface area contributed by atoms with E-state index in [1.54, 1.807) is 0 Å². The van der Waals surface area contributed by atoms with Crippen molar-refractivity contribution in [2.75, 3.05) is 0 Å². The SMILES string of the molecule is c1ccc(-n2c3ccccc3c3cc(-c4ccc5c(c4)c4cc6ccccc6cc4n5-c4cc5c6c(cccc6c4)-c4ccccc4-5)ccc32)cc1. The summed E-state index contributed by atoms with van der Waals surface area (Å²) in [6.07, 6.45) is 0. The molecule has 9 aromatic carbocycles.